The Bertz CT molecular complexity index is 558. The minimum Gasteiger partial charge on any atom is -0.396 e. The van der Waals surface area contributed by atoms with E-state index in [0.717, 1.165) is 4.88 Å². The van der Waals surface area contributed by atoms with E-state index in [2.05, 4.69) is 10.4 Å². The van der Waals surface area contributed by atoms with E-state index < -0.39 is 0 Å². The minimum absolute atomic E-state index is 0.231. The van der Waals surface area contributed by atoms with Crippen molar-refractivity contribution in [2.45, 2.75) is 26.9 Å². The standard InChI is InChI=1S/C12H16N4OS/c1-3-16-7-10(13)11(15-16)12(17)14-6-9-5-4-8(2)18-9/h4-5,7H,3,6,13H2,1-2H3,(H,14,17). The lowest BCUT2D eigenvalue weighted by molar-refractivity contribution is 0.0946. The molecule has 2 heterocycles. The van der Waals surface area contributed by atoms with Gasteiger partial charge in [0.15, 0.2) is 5.69 Å². The molecule has 0 unspecified atom stereocenters. The number of nitrogen functional groups attached to an aromatic ring is 1. The normalized spacial score (nSPS) is 10.6. The van der Waals surface area contributed by atoms with Crippen LogP contribution in [0.15, 0.2) is 18.3 Å². The highest BCUT2D eigenvalue weighted by molar-refractivity contribution is 7.11. The highest BCUT2D eigenvalue weighted by atomic mass is 32.1. The maximum atomic E-state index is 11.9. The number of aromatic nitrogens is 2. The zero-order valence-electron chi connectivity index (χ0n) is 10.4. The fourth-order valence-corrected chi connectivity index (χ4v) is 2.44. The van der Waals surface area contributed by atoms with Crippen molar-refractivity contribution in [1.82, 2.24) is 15.1 Å². The third-order valence-electron chi connectivity index (χ3n) is 2.55. The molecule has 0 saturated heterocycles. The van der Waals surface area contributed by atoms with E-state index in [1.807, 2.05) is 26.0 Å². The molecule has 0 spiro atoms. The summed E-state index contributed by atoms with van der Waals surface area (Å²) >= 11 is 1.67. The summed E-state index contributed by atoms with van der Waals surface area (Å²) in [5, 5.41) is 6.95. The Labute approximate surface area is 110 Å². The number of rotatable bonds is 4. The van der Waals surface area contributed by atoms with E-state index in [0.29, 0.717) is 24.5 Å². The van der Waals surface area contributed by atoms with Crippen LogP contribution in [-0.2, 0) is 13.1 Å². The third-order valence-corrected chi connectivity index (χ3v) is 3.55. The molecule has 0 aliphatic heterocycles. The van der Waals surface area contributed by atoms with Gasteiger partial charge in [0.1, 0.15) is 0 Å². The topological polar surface area (TPSA) is 72.9 Å². The zero-order valence-corrected chi connectivity index (χ0v) is 11.3. The number of hydrogen-bond acceptors (Lipinski definition) is 4. The summed E-state index contributed by atoms with van der Waals surface area (Å²) in [5.41, 5.74) is 6.46. The van der Waals surface area contributed by atoms with Gasteiger partial charge in [0.2, 0.25) is 0 Å². The third kappa shape index (κ3) is 2.70. The van der Waals surface area contributed by atoms with Gasteiger partial charge in [-0.2, -0.15) is 5.10 Å². The molecule has 0 aliphatic carbocycles. The summed E-state index contributed by atoms with van der Waals surface area (Å²) in [6, 6.07) is 4.04. The van der Waals surface area contributed by atoms with Crippen molar-refractivity contribution >= 4 is 22.9 Å². The lowest BCUT2D eigenvalue weighted by Crippen LogP contribution is -2.23. The van der Waals surface area contributed by atoms with Crippen LogP contribution in [0.5, 0.6) is 0 Å². The molecular formula is C12H16N4OS. The van der Waals surface area contributed by atoms with Crippen molar-refractivity contribution < 1.29 is 4.79 Å². The van der Waals surface area contributed by atoms with Crippen LogP contribution in [0.3, 0.4) is 0 Å². The number of thiophene rings is 1. The number of aryl methyl sites for hydroxylation is 2. The number of nitrogens with two attached hydrogens (primary N) is 1. The Hall–Kier alpha value is -1.82. The van der Waals surface area contributed by atoms with Crippen LogP contribution in [0.1, 0.15) is 27.2 Å². The molecule has 5 nitrogen and oxygen atoms in total. The van der Waals surface area contributed by atoms with Crippen LogP contribution < -0.4 is 11.1 Å². The molecule has 3 N–H and O–H groups in total. The fraction of sp³-hybridized carbons (Fsp3) is 0.333. The van der Waals surface area contributed by atoms with Gasteiger partial charge in [0, 0.05) is 22.5 Å². The Morgan fingerprint density at radius 3 is 2.89 bits per heavy atom. The highest BCUT2D eigenvalue weighted by Crippen LogP contribution is 2.15. The SMILES string of the molecule is CCn1cc(N)c(C(=O)NCc2ccc(C)s2)n1. The molecule has 0 fully saturated rings. The largest absolute Gasteiger partial charge is 0.396 e. The Kier molecular flexibility index (Phi) is 3.66. The van der Waals surface area contributed by atoms with Gasteiger partial charge < -0.3 is 11.1 Å². The molecule has 1 amide bonds. The number of anilines is 1. The van der Waals surface area contributed by atoms with Gasteiger partial charge in [-0.25, -0.2) is 0 Å². The first-order chi connectivity index (χ1) is 8.60. The average Bonchev–Trinajstić information content (AvgIpc) is 2.92. The van der Waals surface area contributed by atoms with Crippen LogP contribution in [-0.4, -0.2) is 15.7 Å². The van der Waals surface area contributed by atoms with E-state index in [9.17, 15) is 4.79 Å². The number of hydrogen-bond donors (Lipinski definition) is 2. The van der Waals surface area contributed by atoms with Gasteiger partial charge in [-0.15, -0.1) is 11.3 Å². The Morgan fingerprint density at radius 2 is 2.33 bits per heavy atom. The molecular weight excluding hydrogens is 248 g/mol. The smallest absolute Gasteiger partial charge is 0.274 e. The molecule has 2 aromatic heterocycles. The summed E-state index contributed by atoms with van der Waals surface area (Å²) in [4.78, 5) is 14.3. The summed E-state index contributed by atoms with van der Waals surface area (Å²) in [6.07, 6.45) is 1.67. The van der Waals surface area contributed by atoms with E-state index in [1.54, 1.807) is 22.2 Å². The highest BCUT2D eigenvalue weighted by Gasteiger charge is 2.14. The molecule has 6 heteroatoms. The first-order valence-electron chi connectivity index (χ1n) is 5.76. The van der Waals surface area contributed by atoms with Crippen molar-refractivity contribution in [3.05, 3.63) is 33.8 Å². The van der Waals surface area contributed by atoms with Crippen molar-refractivity contribution in [1.29, 1.82) is 0 Å². The lowest BCUT2D eigenvalue weighted by Gasteiger charge is -2.01. The number of carbonyl (C=O) groups is 1. The molecule has 0 aromatic carbocycles. The van der Waals surface area contributed by atoms with E-state index in [4.69, 9.17) is 5.73 Å². The summed E-state index contributed by atoms with van der Waals surface area (Å²) in [6.45, 7) is 5.19. The van der Waals surface area contributed by atoms with Crippen molar-refractivity contribution in [3.8, 4) is 0 Å². The van der Waals surface area contributed by atoms with Crippen molar-refractivity contribution in [2.75, 3.05) is 5.73 Å². The summed E-state index contributed by atoms with van der Waals surface area (Å²) in [7, 11) is 0. The van der Waals surface area contributed by atoms with Gasteiger partial charge in [0.25, 0.3) is 5.91 Å². The molecule has 2 rings (SSSR count). The predicted octanol–water partition coefficient (Wildman–Crippen LogP) is 1.79. The van der Waals surface area contributed by atoms with Crippen molar-refractivity contribution in [2.24, 2.45) is 0 Å². The maximum absolute atomic E-state index is 11.9. The quantitative estimate of drug-likeness (QED) is 0.884. The second-order valence-electron chi connectivity index (χ2n) is 3.98. The molecule has 0 radical (unpaired) electrons. The molecule has 18 heavy (non-hydrogen) atoms. The monoisotopic (exact) mass is 264 g/mol. The lowest BCUT2D eigenvalue weighted by atomic mass is 10.3. The van der Waals surface area contributed by atoms with Gasteiger partial charge >= 0.3 is 0 Å². The van der Waals surface area contributed by atoms with Crippen LogP contribution in [0.25, 0.3) is 0 Å². The van der Waals surface area contributed by atoms with Crippen LogP contribution in [0, 0.1) is 6.92 Å². The van der Waals surface area contributed by atoms with Crippen LogP contribution in [0.4, 0.5) is 5.69 Å². The number of carbonyl (C=O) groups excluding carboxylic acids is 1. The zero-order chi connectivity index (χ0) is 13.1. The number of nitrogens with zero attached hydrogens (tertiary/aromatic N) is 2. The minimum atomic E-state index is -0.231. The molecule has 0 aliphatic rings. The fourth-order valence-electron chi connectivity index (χ4n) is 1.61. The summed E-state index contributed by atoms with van der Waals surface area (Å²) < 4.78 is 1.65. The average molecular weight is 264 g/mol. The Morgan fingerprint density at radius 1 is 1.56 bits per heavy atom. The second kappa shape index (κ2) is 5.22. The molecule has 0 bridgehead atoms. The Balaban J connectivity index is 2.01. The predicted molar refractivity (Wildman–Crippen MR) is 72.5 cm³/mol. The van der Waals surface area contributed by atoms with Gasteiger partial charge in [0.05, 0.1) is 12.2 Å². The van der Waals surface area contributed by atoms with E-state index >= 15 is 0 Å². The van der Waals surface area contributed by atoms with Crippen LogP contribution in [0.2, 0.25) is 0 Å². The number of nitrogens with one attached hydrogen (secondary N) is 1. The molecule has 0 atom stereocenters. The number of amides is 1. The van der Waals surface area contributed by atoms with Crippen LogP contribution >= 0.6 is 11.3 Å². The van der Waals surface area contributed by atoms with Gasteiger partial charge in [-0.05, 0) is 26.0 Å². The first kappa shape index (κ1) is 12.6. The second-order valence-corrected chi connectivity index (χ2v) is 5.36. The van der Waals surface area contributed by atoms with Gasteiger partial charge in [-0.1, -0.05) is 0 Å². The summed E-state index contributed by atoms with van der Waals surface area (Å²) in [5.74, 6) is -0.231. The van der Waals surface area contributed by atoms with E-state index in [1.165, 1.54) is 4.88 Å². The molecule has 0 saturated carbocycles. The molecule has 96 valence electrons. The molecule has 2 aromatic rings. The van der Waals surface area contributed by atoms with Crippen molar-refractivity contribution in [3.63, 3.8) is 0 Å². The van der Waals surface area contributed by atoms with E-state index in [-0.39, 0.29) is 5.91 Å². The maximum Gasteiger partial charge on any atom is 0.274 e. The first-order valence-corrected chi connectivity index (χ1v) is 6.58. The van der Waals surface area contributed by atoms with Gasteiger partial charge in [-0.3, -0.25) is 9.48 Å².